The van der Waals surface area contributed by atoms with Crippen LogP contribution < -0.4 is 5.32 Å². The number of aromatic amines is 1. The molecule has 1 fully saturated rings. The van der Waals surface area contributed by atoms with Crippen LogP contribution in [0.2, 0.25) is 0 Å². The molecule has 1 saturated carbocycles. The van der Waals surface area contributed by atoms with Gasteiger partial charge < -0.3 is 15.4 Å². The number of aliphatic hydroxyl groups is 1. The molecule has 1 amide bonds. The van der Waals surface area contributed by atoms with Gasteiger partial charge >= 0.3 is 0 Å². The molecule has 1 unspecified atom stereocenters. The lowest BCUT2D eigenvalue weighted by molar-refractivity contribution is -0.123. The molecule has 0 bridgehead atoms. The zero-order chi connectivity index (χ0) is 14.9. The van der Waals surface area contributed by atoms with E-state index in [0.29, 0.717) is 18.8 Å². The van der Waals surface area contributed by atoms with E-state index in [1.54, 1.807) is 0 Å². The molecule has 0 spiro atoms. The second-order valence-corrected chi connectivity index (χ2v) is 6.26. The van der Waals surface area contributed by atoms with E-state index >= 15 is 0 Å². The molecular formula is C17H22N2O2. The predicted octanol–water partition coefficient (Wildman–Crippen LogP) is 2.38. The monoisotopic (exact) mass is 286 g/mol. The standard InChI is InChI=1S/C17H22N2O2/c1-17(11-20,13-7-8-13)19-16(21)9-6-12-10-18-15-5-3-2-4-14(12)15/h2-5,10,13,18,20H,6-9,11H2,1H3,(H,19,21). The minimum absolute atomic E-state index is 0.0104. The normalized spacial score (nSPS) is 17.6. The van der Waals surface area contributed by atoms with Gasteiger partial charge in [0.2, 0.25) is 5.91 Å². The first kappa shape index (κ1) is 14.1. The first-order valence-electron chi connectivity index (χ1n) is 7.59. The first-order valence-corrected chi connectivity index (χ1v) is 7.59. The quantitative estimate of drug-likeness (QED) is 0.763. The smallest absolute Gasteiger partial charge is 0.220 e. The summed E-state index contributed by atoms with van der Waals surface area (Å²) >= 11 is 0. The molecule has 1 aromatic heterocycles. The van der Waals surface area contributed by atoms with Crippen LogP contribution in [0.3, 0.4) is 0 Å². The number of carbonyl (C=O) groups excluding carboxylic acids is 1. The zero-order valence-electron chi connectivity index (χ0n) is 12.4. The second-order valence-electron chi connectivity index (χ2n) is 6.26. The number of carbonyl (C=O) groups is 1. The molecule has 1 aliphatic rings. The Hall–Kier alpha value is -1.81. The number of amides is 1. The van der Waals surface area contributed by atoms with E-state index in [4.69, 9.17) is 0 Å². The summed E-state index contributed by atoms with van der Waals surface area (Å²) in [6, 6.07) is 8.11. The van der Waals surface area contributed by atoms with E-state index in [-0.39, 0.29) is 12.5 Å². The lowest BCUT2D eigenvalue weighted by atomic mass is 9.96. The minimum atomic E-state index is -0.447. The molecule has 4 nitrogen and oxygen atoms in total. The third kappa shape index (κ3) is 2.95. The maximum atomic E-state index is 12.1. The van der Waals surface area contributed by atoms with Crippen molar-refractivity contribution in [1.82, 2.24) is 10.3 Å². The highest BCUT2D eigenvalue weighted by atomic mass is 16.3. The average Bonchev–Trinajstić information content (AvgIpc) is 3.27. The lowest BCUT2D eigenvalue weighted by Crippen LogP contribution is -2.50. The summed E-state index contributed by atoms with van der Waals surface area (Å²) in [6.45, 7) is 1.95. The van der Waals surface area contributed by atoms with Crippen LogP contribution in [0.5, 0.6) is 0 Å². The Morgan fingerprint density at radius 2 is 2.19 bits per heavy atom. The summed E-state index contributed by atoms with van der Waals surface area (Å²) in [6.07, 6.45) is 5.33. The minimum Gasteiger partial charge on any atom is -0.394 e. The van der Waals surface area contributed by atoms with Crippen molar-refractivity contribution >= 4 is 16.8 Å². The third-order valence-corrected chi connectivity index (χ3v) is 4.53. The van der Waals surface area contributed by atoms with Crippen molar-refractivity contribution in [3.05, 3.63) is 36.0 Å². The molecule has 2 aromatic rings. The number of aromatic nitrogens is 1. The Labute approximate surface area is 124 Å². The van der Waals surface area contributed by atoms with Crippen molar-refractivity contribution in [3.8, 4) is 0 Å². The number of aliphatic hydroxyl groups excluding tert-OH is 1. The van der Waals surface area contributed by atoms with Crippen LogP contribution in [-0.4, -0.2) is 28.1 Å². The molecule has 0 aliphatic heterocycles. The second kappa shape index (κ2) is 5.53. The molecule has 4 heteroatoms. The molecule has 112 valence electrons. The van der Waals surface area contributed by atoms with Crippen molar-refractivity contribution < 1.29 is 9.90 Å². The van der Waals surface area contributed by atoms with Gasteiger partial charge in [-0.15, -0.1) is 0 Å². The zero-order valence-corrected chi connectivity index (χ0v) is 12.4. The van der Waals surface area contributed by atoms with Gasteiger partial charge in [-0.2, -0.15) is 0 Å². The van der Waals surface area contributed by atoms with Crippen LogP contribution in [0, 0.1) is 5.92 Å². The summed E-state index contributed by atoms with van der Waals surface area (Å²) in [7, 11) is 0. The van der Waals surface area contributed by atoms with Crippen LogP contribution in [0.15, 0.2) is 30.5 Å². The van der Waals surface area contributed by atoms with Crippen LogP contribution in [0.1, 0.15) is 31.7 Å². The van der Waals surface area contributed by atoms with Crippen LogP contribution >= 0.6 is 0 Å². The van der Waals surface area contributed by atoms with Crippen LogP contribution in [0.25, 0.3) is 10.9 Å². The van der Waals surface area contributed by atoms with E-state index in [0.717, 1.165) is 23.9 Å². The molecule has 1 atom stereocenters. The van der Waals surface area contributed by atoms with Gasteiger partial charge in [0.15, 0.2) is 0 Å². The molecule has 1 heterocycles. The fourth-order valence-corrected chi connectivity index (χ4v) is 2.96. The molecule has 21 heavy (non-hydrogen) atoms. The largest absolute Gasteiger partial charge is 0.394 e. The fraction of sp³-hybridized carbons (Fsp3) is 0.471. The van der Waals surface area contributed by atoms with Crippen molar-refractivity contribution in [2.45, 2.75) is 38.1 Å². The maximum absolute atomic E-state index is 12.1. The Bertz CT molecular complexity index is 645. The van der Waals surface area contributed by atoms with Crippen molar-refractivity contribution in [2.24, 2.45) is 5.92 Å². The van der Waals surface area contributed by atoms with Gasteiger partial charge in [0.1, 0.15) is 0 Å². The van der Waals surface area contributed by atoms with Crippen LogP contribution in [0.4, 0.5) is 0 Å². The molecule has 3 rings (SSSR count). The fourth-order valence-electron chi connectivity index (χ4n) is 2.96. The number of para-hydroxylation sites is 1. The van der Waals surface area contributed by atoms with Crippen LogP contribution in [-0.2, 0) is 11.2 Å². The highest BCUT2D eigenvalue weighted by Crippen LogP contribution is 2.39. The maximum Gasteiger partial charge on any atom is 0.220 e. The molecule has 0 saturated heterocycles. The summed E-state index contributed by atoms with van der Waals surface area (Å²) in [5, 5.41) is 13.7. The van der Waals surface area contributed by atoms with E-state index in [1.807, 2.05) is 31.3 Å². The van der Waals surface area contributed by atoms with Gasteiger partial charge in [-0.3, -0.25) is 4.79 Å². The summed E-state index contributed by atoms with van der Waals surface area (Å²) in [5.74, 6) is 0.447. The first-order chi connectivity index (χ1) is 10.1. The van der Waals surface area contributed by atoms with Gasteiger partial charge in [-0.25, -0.2) is 0 Å². The van der Waals surface area contributed by atoms with Gasteiger partial charge in [-0.05, 0) is 43.7 Å². The Kier molecular flexibility index (Phi) is 3.72. The van der Waals surface area contributed by atoms with E-state index in [2.05, 4.69) is 16.4 Å². The van der Waals surface area contributed by atoms with Gasteiger partial charge in [-0.1, -0.05) is 18.2 Å². The highest BCUT2D eigenvalue weighted by molar-refractivity contribution is 5.84. The number of hydrogen-bond acceptors (Lipinski definition) is 2. The van der Waals surface area contributed by atoms with E-state index in [9.17, 15) is 9.90 Å². The van der Waals surface area contributed by atoms with Gasteiger partial charge in [0.25, 0.3) is 0 Å². The van der Waals surface area contributed by atoms with Crippen molar-refractivity contribution in [2.75, 3.05) is 6.61 Å². The number of hydrogen-bond donors (Lipinski definition) is 3. The summed E-state index contributed by atoms with van der Waals surface area (Å²) in [5.41, 5.74) is 1.82. The lowest BCUT2D eigenvalue weighted by Gasteiger charge is -2.28. The van der Waals surface area contributed by atoms with Crippen molar-refractivity contribution in [3.63, 3.8) is 0 Å². The Morgan fingerprint density at radius 1 is 1.43 bits per heavy atom. The Balaban J connectivity index is 1.61. The van der Waals surface area contributed by atoms with E-state index < -0.39 is 5.54 Å². The number of nitrogens with one attached hydrogen (secondary N) is 2. The number of rotatable bonds is 6. The number of H-pyrrole nitrogens is 1. The summed E-state index contributed by atoms with van der Waals surface area (Å²) in [4.78, 5) is 15.4. The molecule has 1 aromatic carbocycles. The van der Waals surface area contributed by atoms with Gasteiger partial charge in [0, 0.05) is 23.5 Å². The number of benzene rings is 1. The SMILES string of the molecule is CC(CO)(NC(=O)CCc1c[nH]c2ccccc12)C1CC1. The van der Waals surface area contributed by atoms with E-state index in [1.165, 1.54) is 5.39 Å². The Morgan fingerprint density at radius 3 is 2.90 bits per heavy atom. The summed E-state index contributed by atoms with van der Waals surface area (Å²) < 4.78 is 0. The predicted molar refractivity (Wildman–Crippen MR) is 83.0 cm³/mol. The number of fused-ring (bicyclic) bond motifs is 1. The average molecular weight is 286 g/mol. The molecule has 0 radical (unpaired) electrons. The third-order valence-electron chi connectivity index (χ3n) is 4.53. The number of aryl methyl sites for hydroxylation is 1. The molecule has 1 aliphatic carbocycles. The van der Waals surface area contributed by atoms with Gasteiger partial charge in [0.05, 0.1) is 12.1 Å². The highest BCUT2D eigenvalue weighted by Gasteiger charge is 2.41. The molecule has 3 N–H and O–H groups in total. The topological polar surface area (TPSA) is 65.1 Å². The molecular weight excluding hydrogens is 264 g/mol. The van der Waals surface area contributed by atoms with Crippen molar-refractivity contribution in [1.29, 1.82) is 0 Å².